The van der Waals surface area contributed by atoms with Crippen LogP contribution in [-0.2, 0) is 6.51 Å². The van der Waals surface area contributed by atoms with Crippen LogP contribution < -0.4 is 0 Å². The van der Waals surface area contributed by atoms with Crippen molar-refractivity contribution in [1.82, 2.24) is 4.90 Å². The predicted molar refractivity (Wildman–Crippen MR) is 91.7 cm³/mol. The van der Waals surface area contributed by atoms with Crippen molar-refractivity contribution in [2.75, 3.05) is 19.6 Å². The van der Waals surface area contributed by atoms with Gasteiger partial charge in [0.15, 0.2) is 0 Å². The van der Waals surface area contributed by atoms with Gasteiger partial charge in [-0.15, -0.1) is 0 Å². The van der Waals surface area contributed by atoms with Gasteiger partial charge in [-0.3, -0.25) is 0 Å². The monoisotopic (exact) mass is 353 g/mol. The summed E-state index contributed by atoms with van der Waals surface area (Å²) in [5.74, 6) is 1.58. The summed E-state index contributed by atoms with van der Waals surface area (Å²) >= 11 is 0. The molecule has 0 saturated carbocycles. The minimum absolute atomic E-state index is 0.790. The van der Waals surface area contributed by atoms with Gasteiger partial charge in [0.25, 0.3) is 0 Å². The molecule has 1 nitrogen and oxygen atoms in total. The molecule has 4 unspecified atom stereocenters. The Bertz CT molecular complexity index is 1020. The van der Waals surface area contributed by atoms with Crippen LogP contribution in [0.25, 0.3) is 0 Å². The average Bonchev–Trinajstić information content (AvgIpc) is 3.39. The zero-order valence-electron chi connectivity index (χ0n) is 15.0. The third kappa shape index (κ3) is 0.170. The molecule has 10 saturated heterocycles. The van der Waals surface area contributed by atoms with Crippen LogP contribution >= 0.6 is 0 Å². The molecule has 10 aliphatic rings. The van der Waals surface area contributed by atoms with E-state index in [2.05, 4.69) is 32.6 Å². The van der Waals surface area contributed by atoms with E-state index < -0.39 is 6.51 Å². The molecule has 0 aromatic rings. The maximum atomic E-state index is 4.89. The topological polar surface area (TPSA) is 3.24 Å². The van der Waals surface area contributed by atoms with Gasteiger partial charge in [-0.2, -0.15) is 0 Å². The Morgan fingerprint density at radius 1 is 0.870 bits per heavy atom. The molecule has 4 atom stereocenters. The predicted octanol–water partition coefficient (Wildman–Crippen LogP) is 5.92. The summed E-state index contributed by atoms with van der Waals surface area (Å²) in [5.41, 5.74) is 1.82. The van der Waals surface area contributed by atoms with Gasteiger partial charge in [-0.1, -0.05) is 0 Å². The van der Waals surface area contributed by atoms with E-state index in [0.29, 0.717) is 0 Å². The number of hydrogen-bond donors (Lipinski definition) is 0. The second kappa shape index (κ2) is 1.15. The summed E-state index contributed by atoms with van der Waals surface area (Å²) in [6.45, 7) is 15.4. The van der Waals surface area contributed by atoms with Gasteiger partial charge in [0.1, 0.15) is 0 Å². The van der Waals surface area contributed by atoms with E-state index in [1.807, 2.05) is 5.57 Å². The second-order valence-electron chi connectivity index (χ2n) is 14.3. The molecule has 10 fully saturated rings. The van der Waals surface area contributed by atoms with Crippen LogP contribution in [-0.4, -0.2) is 24.5 Å². The Kier molecular flexibility index (Phi) is 0.553. The van der Waals surface area contributed by atoms with Gasteiger partial charge in [0.2, 0.25) is 0 Å². The summed E-state index contributed by atoms with van der Waals surface area (Å²) in [6, 6.07) is 0. The first-order valence-electron chi connectivity index (χ1n) is 10.3. The number of fused-ring (bicyclic) bond motifs is 10. The molecule has 23 heavy (non-hydrogen) atoms. The first-order valence-corrected chi connectivity index (χ1v) is 16.6. The van der Waals surface area contributed by atoms with Crippen molar-refractivity contribution in [2.45, 2.75) is 75.4 Å². The van der Waals surface area contributed by atoms with E-state index >= 15 is 0 Å². The summed E-state index contributed by atoms with van der Waals surface area (Å²) in [4.78, 5) is 15.7. The van der Waals surface area contributed by atoms with E-state index in [-0.39, 0.29) is 0 Å². The fourth-order valence-electron chi connectivity index (χ4n) is 18.8. The van der Waals surface area contributed by atoms with Crippen LogP contribution in [0, 0.1) is 11.8 Å². The molecule has 0 bridgehead atoms. The number of hydrogen-bond acceptors (Lipinski definition) is 1. The zero-order chi connectivity index (χ0) is 15.4. The molecule has 128 valence electrons. The fourth-order valence-corrected chi connectivity index (χ4v) is 93.4. The third-order valence-electron chi connectivity index (χ3n) is 16.9. The van der Waals surface area contributed by atoms with E-state index in [1.165, 1.54) is 63.0 Å². The molecule has 10 aliphatic heterocycles. The van der Waals surface area contributed by atoms with Crippen molar-refractivity contribution >= 4 is 0 Å². The minimum atomic E-state index is -2.94. The zero-order valence-corrected chi connectivity index (χ0v) is 16.1. The van der Waals surface area contributed by atoms with Crippen molar-refractivity contribution in [2.24, 2.45) is 11.8 Å². The van der Waals surface area contributed by atoms with Gasteiger partial charge in [0, 0.05) is 0 Å². The average molecular weight is 353 g/mol. The van der Waals surface area contributed by atoms with Gasteiger partial charge in [-0.25, -0.2) is 0 Å². The summed E-state index contributed by atoms with van der Waals surface area (Å²) in [6.07, 6.45) is 0. The first kappa shape index (κ1) is 11.0. The van der Waals surface area contributed by atoms with Crippen molar-refractivity contribution < 1.29 is 6.51 Å². The van der Waals surface area contributed by atoms with Crippen LogP contribution in [0.1, 0.15) is 27.7 Å². The molecule has 0 amide bonds. The van der Waals surface area contributed by atoms with Crippen molar-refractivity contribution in [3.63, 3.8) is 0 Å². The molecule has 10 heterocycles. The maximum absolute atomic E-state index is 4.89. The van der Waals surface area contributed by atoms with Crippen molar-refractivity contribution in [1.29, 1.82) is 0 Å². The Morgan fingerprint density at radius 2 is 1.30 bits per heavy atom. The summed E-state index contributed by atoms with van der Waals surface area (Å²) < 4.78 is 0.922. The molecular formula is C21H31FeN. The molecule has 2 heteroatoms. The summed E-state index contributed by atoms with van der Waals surface area (Å²) in [7, 11) is 0. The van der Waals surface area contributed by atoms with Crippen molar-refractivity contribution in [3.8, 4) is 0 Å². The van der Waals surface area contributed by atoms with E-state index in [0.717, 1.165) is 16.1 Å². The van der Waals surface area contributed by atoms with Crippen LogP contribution in [0.5, 0.6) is 0 Å². The van der Waals surface area contributed by atoms with Crippen molar-refractivity contribution in [3.05, 3.63) is 12.2 Å². The van der Waals surface area contributed by atoms with E-state index in [4.69, 9.17) is 6.58 Å². The molecule has 0 aliphatic carbocycles. The quantitative estimate of drug-likeness (QED) is 0.406. The molecule has 0 aromatic heterocycles. The molecular weight excluding hydrogens is 322 g/mol. The number of nitrogens with zero attached hydrogens (tertiary/aromatic N) is 1. The van der Waals surface area contributed by atoms with Gasteiger partial charge < -0.3 is 0 Å². The van der Waals surface area contributed by atoms with Crippen LogP contribution in [0.2, 0.25) is 47.7 Å². The van der Waals surface area contributed by atoms with Gasteiger partial charge in [0.05, 0.1) is 0 Å². The SMILES string of the molecule is C=C(CN(CC(C)C)CC(C)C)[C]12[CH]3[CH]4[CH]5[CH]1[Fe]45321678[CH]2[CH]1[CH]6[CH]7[CH]28. The van der Waals surface area contributed by atoms with Gasteiger partial charge >= 0.3 is 130 Å². The Balaban J connectivity index is 1.12. The second-order valence-corrected chi connectivity index (χ2v) is 37.8. The molecule has 0 aromatic carbocycles. The molecule has 10 rings (SSSR count). The van der Waals surface area contributed by atoms with Crippen LogP contribution in [0.3, 0.4) is 0 Å². The van der Waals surface area contributed by atoms with Crippen LogP contribution in [0.4, 0.5) is 0 Å². The van der Waals surface area contributed by atoms with Gasteiger partial charge in [-0.05, 0) is 0 Å². The summed E-state index contributed by atoms with van der Waals surface area (Å²) in [5, 5.41) is 0. The standard InChI is InChI=1S/C16H26N.C5H5.Fe/c1-13(2)10-17(11-14(3)4)12-15(5)16-8-6-7-9-16;1-2-4-5-3-1;/h6-9,13-14H,5,10-12H2,1-4H3;1-5H;. The normalized spacial score (nSPS) is 91.9. The van der Waals surface area contributed by atoms with Crippen LogP contribution in [0.15, 0.2) is 12.2 Å². The Morgan fingerprint density at radius 3 is 1.57 bits per heavy atom. The van der Waals surface area contributed by atoms with E-state index in [1.54, 1.807) is 0 Å². The Hall–Kier alpha value is 0.219. The molecule has 1 spiro atoms. The number of rotatable bonds is 7. The first-order chi connectivity index (χ1) is 10.7. The van der Waals surface area contributed by atoms with E-state index in [9.17, 15) is 0 Å². The fraction of sp³-hybridized carbons (Fsp3) is 0.905. The third-order valence-corrected chi connectivity index (χ3v) is 59.3. The molecule has 0 N–H and O–H groups in total. The Labute approximate surface area is 130 Å². The molecule has 0 radical (unpaired) electrons.